The minimum absolute atomic E-state index is 0.0101. The molecule has 18 heteroatoms. The molecule has 0 atom stereocenters. The number of aliphatic hydroxyl groups is 1. The Morgan fingerprint density at radius 2 is 0.579 bits per heavy atom. The van der Waals surface area contributed by atoms with Gasteiger partial charge in [0.15, 0.2) is 0 Å². The molecule has 0 aliphatic heterocycles. The van der Waals surface area contributed by atoms with E-state index in [4.69, 9.17) is 5.11 Å². The molecule has 0 unspecified atom stereocenters. The van der Waals surface area contributed by atoms with Crippen LogP contribution in [0, 0.1) is 0 Å². The van der Waals surface area contributed by atoms with Crippen LogP contribution in [-0.2, 0) is 0 Å². The van der Waals surface area contributed by atoms with E-state index in [0.717, 1.165) is 19.3 Å². The van der Waals surface area contributed by atoms with Crippen LogP contribution in [0.2, 0.25) is 0 Å². The lowest BCUT2D eigenvalue weighted by molar-refractivity contribution is -0.461. The van der Waals surface area contributed by atoms with Gasteiger partial charge in [-0.2, -0.15) is 74.6 Å². The van der Waals surface area contributed by atoms with Crippen molar-refractivity contribution in [3.05, 3.63) is 0 Å². The van der Waals surface area contributed by atoms with Crippen LogP contribution in [0.15, 0.2) is 0 Å². The van der Waals surface area contributed by atoms with Gasteiger partial charge in [-0.3, -0.25) is 0 Å². The molecule has 0 heterocycles. The van der Waals surface area contributed by atoms with Crippen molar-refractivity contribution < 1.29 is 79.7 Å². The molecule has 1 N–H and O–H groups in total. The van der Waals surface area contributed by atoms with Crippen molar-refractivity contribution in [1.29, 1.82) is 0 Å². The van der Waals surface area contributed by atoms with E-state index in [1.807, 2.05) is 0 Å². The second kappa shape index (κ2) is 12.5. The predicted molar refractivity (Wildman–Crippen MR) is 98.6 cm³/mol. The molecule has 0 rings (SSSR count). The van der Waals surface area contributed by atoms with E-state index in [-0.39, 0.29) is 19.4 Å². The maximum Gasteiger partial charge on any atom is 0.460 e. The van der Waals surface area contributed by atoms with Gasteiger partial charge in [-0.25, -0.2) is 0 Å². The Kier molecular flexibility index (Phi) is 12.1. The molecular formula is C20H25F17O. The molecule has 0 saturated carbocycles. The maximum atomic E-state index is 13.8. The summed E-state index contributed by atoms with van der Waals surface area (Å²) in [7, 11) is 0. The van der Waals surface area contributed by atoms with Crippen LogP contribution in [0.1, 0.15) is 70.6 Å². The Balaban J connectivity index is 5.46. The number of unbranched alkanes of at least 4 members (excludes halogenated alkanes) is 9. The molecule has 0 aromatic carbocycles. The molecule has 0 aromatic rings. The summed E-state index contributed by atoms with van der Waals surface area (Å²) in [5, 5.41) is 8.60. The summed E-state index contributed by atoms with van der Waals surface area (Å²) in [5.41, 5.74) is 0. The van der Waals surface area contributed by atoms with E-state index >= 15 is 0 Å². The predicted octanol–water partition coefficient (Wildman–Crippen LogP) is 9.28. The van der Waals surface area contributed by atoms with Gasteiger partial charge in [0.25, 0.3) is 0 Å². The lowest BCUT2D eigenvalue weighted by Gasteiger charge is -2.42. The number of alkyl halides is 17. The van der Waals surface area contributed by atoms with Crippen molar-refractivity contribution in [1.82, 2.24) is 0 Å². The summed E-state index contributed by atoms with van der Waals surface area (Å²) in [5.74, 6) is -55.8. The number of hydrogen-bond donors (Lipinski definition) is 1. The SMILES string of the molecule is OCCCCCCCCCCCCC(F)(F)C(F)(F)C(F)(F)C(F)(F)C(F)(F)C(F)(F)C(F)(F)C(F)(F)F. The highest BCUT2D eigenvalue weighted by Crippen LogP contribution is 2.64. The fourth-order valence-corrected chi connectivity index (χ4v) is 3.23. The molecule has 0 fully saturated rings. The molecule has 38 heavy (non-hydrogen) atoms. The molecule has 0 aliphatic carbocycles. The zero-order valence-electron chi connectivity index (χ0n) is 19.4. The van der Waals surface area contributed by atoms with E-state index in [1.165, 1.54) is 0 Å². The second-order valence-corrected chi connectivity index (χ2v) is 8.66. The largest absolute Gasteiger partial charge is 0.460 e. The van der Waals surface area contributed by atoms with Crippen LogP contribution in [0.3, 0.4) is 0 Å². The van der Waals surface area contributed by atoms with E-state index in [0.29, 0.717) is 25.7 Å². The average molecular weight is 604 g/mol. The standard InChI is InChI=1S/C20H25F17O/c21-13(22,11-9-7-5-3-1-2-4-6-8-10-12-38)14(23,24)15(25,26)16(27,28)17(29,30)18(31,32)19(33,34)20(35,36)37/h38H,1-12H2. The normalized spacial score (nSPS) is 15.3. The first-order valence-electron chi connectivity index (χ1n) is 11.1. The van der Waals surface area contributed by atoms with Crippen molar-refractivity contribution in [2.75, 3.05) is 6.61 Å². The van der Waals surface area contributed by atoms with E-state index in [2.05, 4.69) is 0 Å². The van der Waals surface area contributed by atoms with Gasteiger partial charge in [0, 0.05) is 13.0 Å². The molecule has 230 valence electrons. The van der Waals surface area contributed by atoms with Gasteiger partial charge >= 0.3 is 47.6 Å². The van der Waals surface area contributed by atoms with Crippen LogP contribution in [-0.4, -0.2) is 59.3 Å². The van der Waals surface area contributed by atoms with E-state index < -0.39 is 60.5 Å². The Morgan fingerprint density at radius 1 is 0.316 bits per heavy atom. The van der Waals surface area contributed by atoms with E-state index in [1.54, 1.807) is 0 Å². The van der Waals surface area contributed by atoms with Gasteiger partial charge in [0.2, 0.25) is 0 Å². The Bertz CT molecular complexity index is 715. The van der Waals surface area contributed by atoms with Crippen molar-refractivity contribution >= 4 is 0 Å². The number of rotatable bonds is 18. The van der Waals surface area contributed by atoms with Gasteiger partial charge in [-0.05, 0) is 12.8 Å². The van der Waals surface area contributed by atoms with Gasteiger partial charge in [-0.1, -0.05) is 51.4 Å². The molecule has 0 spiro atoms. The number of halogens is 17. The molecule has 0 saturated heterocycles. The first kappa shape index (κ1) is 36.8. The van der Waals surface area contributed by atoms with Crippen molar-refractivity contribution in [2.24, 2.45) is 0 Å². The topological polar surface area (TPSA) is 20.2 Å². The third-order valence-corrected chi connectivity index (χ3v) is 5.69. The summed E-state index contributed by atoms with van der Waals surface area (Å²) in [4.78, 5) is 0. The van der Waals surface area contributed by atoms with E-state index in [9.17, 15) is 74.6 Å². The Hall–Kier alpha value is -1.23. The summed E-state index contributed by atoms with van der Waals surface area (Å²) >= 11 is 0. The van der Waals surface area contributed by atoms with Crippen molar-refractivity contribution in [3.63, 3.8) is 0 Å². The van der Waals surface area contributed by atoms with Gasteiger partial charge in [-0.15, -0.1) is 0 Å². The minimum atomic E-state index is -8.58. The number of hydrogen-bond acceptors (Lipinski definition) is 1. The first-order chi connectivity index (χ1) is 16.8. The van der Waals surface area contributed by atoms with Gasteiger partial charge < -0.3 is 5.11 Å². The summed E-state index contributed by atoms with van der Waals surface area (Å²) in [6.45, 7) is 0.0101. The average Bonchev–Trinajstić information content (AvgIpc) is 2.75. The lowest BCUT2D eigenvalue weighted by Crippen LogP contribution is -2.74. The quantitative estimate of drug-likeness (QED) is 0.122. The first-order valence-corrected chi connectivity index (χ1v) is 11.1. The van der Waals surface area contributed by atoms with Crippen LogP contribution in [0.5, 0.6) is 0 Å². The van der Waals surface area contributed by atoms with Gasteiger partial charge in [0.05, 0.1) is 0 Å². The van der Waals surface area contributed by atoms with Crippen LogP contribution in [0.25, 0.3) is 0 Å². The summed E-state index contributed by atoms with van der Waals surface area (Å²) in [6, 6.07) is 0. The van der Waals surface area contributed by atoms with Crippen LogP contribution < -0.4 is 0 Å². The highest BCUT2D eigenvalue weighted by molar-refractivity contribution is 5.15. The molecule has 0 amide bonds. The Morgan fingerprint density at radius 3 is 0.895 bits per heavy atom. The zero-order chi connectivity index (χ0) is 30.5. The monoisotopic (exact) mass is 604 g/mol. The minimum Gasteiger partial charge on any atom is -0.396 e. The molecule has 0 radical (unpaired) electrons. The van der Waals surface area contributed by atoms with Crippen molar-refractivity contribution in [2.45, 2.75) is 118 Å². The molecule has 0 aliphatic rings. The molecular weight excluding hydrogens is 579 g/mol. The third-order valence-electron chi connectivity index (χ3n) is 5.69. The van der Waals surface area contributed by atoms with Crippen molar-refractivity contribution in [3.8, 4) is 0 Å². The third kappa shape index (κ3) is 6.91. The molecule has 1 nitrogen and oxygen atoms in total. The van der Waals surface area contributed by atoms with Gasteiger partial charge in [0.1, 0.15) is 0 Å². The smallest absolute Gasteiger partial charge is 0.396 e. The summed E-state index contributed by atoms with van der Waals surface area (Å²) in [6.07, 6.45) is -7.11. The number of aliphatic hydroxyl groups excluding tert-OH is 1. The maximum absolute atomic E-state index is 13.8. The highest BCUT2D eigenvalue weighted by atomic mass is 19.4. The molecule has 0 bridgehead atoms. The van der Waals surface area contributed by atoms with Crippen LogP contribution >= 0.6 is 0 Å². The van der Waals surface area contributed by atoms with Crippen LogP contribution in [0.4, 0.5) is 74.6 Å². The zero-order valence-corrected chi connectivity index (χ0v) is 19.4. The lowest BCUT2D eigenvalue weighted by atomic mass is 9.87. The summed E-state index contributed by atoms with van der Waals surface area (Å²) < 4.78 is 224. The Labute approximate surface area is 205 Å². The second-order valence-electron chi connectivity index (χ2n) is 8.66. The fourth-order valence-electron chi connectivity index (χ4n) is 3.23. The molecule has 0 aromatic heterocycles. The highest BCUT2D eigenvalue weighted by Gasteiger charge is 2.95. The fraction of sp³-hybridized carbons (Fsp3) is 1.00.